The van der Waals surface area contributed by atoms with E-state index in [0.29, 0.717) is 6.54 Å². The molecule has 0 aromatic carbocycles. The number of urea groups is 1. The van der Waals surface area contributed by atoms with Crippen molar-refractivity contribution in [2.24, 2.45) is 7.05 Å². The van der Waals surface area contributed by atoms with Crippen LogP contribution in [0.2, 0.25) is 0 Å². The summed E-state index contributed by atoms with van der Waals surface area (Å²) in [6.07, 6.45) is 6.42. The molecule has 0 bridgehead atoms. The van der Waals surface area contributed by atoms with Gasteiger partial charge in [0.25, 0.3) is 0 Å². The van der Waals surface area contributed by atoms with Crippen molar-refractivity contribution in [2.75, 3.05) is 24.6 Å². The van der Waals surface area contributed by atoms with Gasteiger partial charge < -0.3 is 10.2 Å². The lowest BCUT2D eigenvalue weighted by atomic mass is 10.1. The topological polar surface area (TPSA) is 63.1 Å². The number of aryl methyl sites for hydroxylation is 1. The number of rotatable bonds is 4. The maximum atomic E-state index is 12.5. The fourth-order valence-electron chi connectivity index (χ4n) is 2.49. The van der Waals surface area contributed by atoms with Crippen LogP contribution in [-0.4, -0.2) is 50.3 Å². The van der Waals surface area contributed by atoms with E-state index < -0.39 is 0 Å². The molecule has 1 atom stereocenters. The molecule has 1 aliphatic rings. The Morgan fingerprint density at radius 3 is 3.18 bits per heavy atom. The van der Waals surface area contributed by atoms with Crippen LogP contribution in [0.3, 0.4) is 0 Å². The van der Waals surface area contributed by atoms with Crippen molar-refractivity contribution < 1.29 is 4.79 Å². The van der Waals surface area contributed by atoms with Crippen LogP contribution in [0.1, 0.15) is 16.6 Å². The van der Waals surface area contributed by atoms with Crippen LogP contribution in [0.5, 0.6) is 0 Å². The van der Waals surface area contributed by atoms with Crippen LogP contribution in [0.15, 0.2) is 24.0 Å². The second-order valence-corrected chi connectivity index (χ2v) is 7.27. The highest BCUT2D eigenvalue weighted by molar-refractivity contribution is 7.99. The Kier molecular flexibility index (Phi) is 4.99. The monoisotopic (exact) mass is 337 g/mol. The maximum absolute atomic E-state index is 12.5. The van der Waals surface area contributed by atoms with Crippen LogP contribution in [0, 0.1) is 0 Å². The number of hydrogen-bond donors (Lipinski definition) is 1. The normalized spacial score (nSPS) is 18.4. The molecule has 1 fully saturated rings. The molecule has 6 nitrogen and oxygen atoms in total. The Morgan fingerprint density at radius 2 is 2.45 bits per heavy atom. The number of thioether (sulfide) groups is 1. The average molecular weight is 337 g/mol. The van der Waals surface area contributed by atoms with Gasteiger partial charge in [-0.1, -0.05) is 0 Å². The van der Waals surface area contributed by atoms with E-state index in [1.54, 1.807) is 22.2 Å². The van der Waals surface area contributed by atoms with Gasteiger partial charge in [0.05, 0.1) is 17.2 Å². The second kappa shape index (κ2) is 7.15. The minimum absolute atomic E-state index is 0.00529. The first-order valence-corrected chi connectivity index (χ1v) is 9.26. The maximum Gasteiger partial charge on any atom is 0.317 e. The van der Waals surface area contributed by atoms with Gasteiger partial charge >= 0.3 is 6.03 Å². The van der Waals surface area contributed by atoms with E-state index in [4.69, 9.17) is 0 Å². The molecule has 0 radical (unpaired) electrons. The highest BCUT2D eigenvalue weighted by atomic mass is 32.2. The fourth-order valence-corrected chi connectivity index (χ4v) is 4.20. The lowest BCUT2D eigenvalue weighted by molar-refractivity contribution is 0.183. The molecule has 0 unspecified atom stereocenters. The number of thiazole rings is 1. The molecule has 22 heavy (non-hydrogen) atoms. The van der Waals surface area contributed by atoms with Gasteiger partial charge in [-0.2, -0.15) is 16.9 Å². The zero-order valence-electron chi connectivity index (χ0n) is 12.4. The molecule has 2 aromatic rings. The summed E-state index contributed by atoms with van der Waals surface area (Å²) in [5.74, 6) is 1.91. The van der Waals surface area contributed by atoms with E-state index in [0.717, 1.165) is 35.0 Å². The van der Waals surface area contributed by atoms with E-state index in [9.17, 15) is 4.79 Å². The van der Waals surface area contributed by atoms with Crippen molar-refractivity contribution in [1.29, 1.82) is 0 Å². The van der Waals surface area contributed by atoms with Crippen molar-refractivity contribution in [2.45, 2.75) is 12.5 Å². The summed E-state index contributed by atoms with van der Waals surface area (Å²) in [5, 5.41) is 10.2. The standard InChI is InChI=1S/C14H19N5OS2/c1-18-9-11(8-17-18)12-10-21-7-5-19(12)14(20)16-3-2-13-15-4-6-22-13/h4,6,8-9,12H,2-3,5,7,10H2,1H3,(H,16,20)/t12-/m0/s1. The highest BCUT2D eigenvalue weighted by Gasteiger charge is 2.29. The molecule has 2 aromatic heterocycles. The van der Waals surface area contributed by atoms with Crippen molar-refractivity contribution in [1.82, 2.24) is 25.0 Å². The molecule has 118 valence electrons. The van der Waals surface area contributed by atoms with Crippen molar-refractivity contribution in [3.63, 3.8) is 0 Å². The Hall–Kier alpha value is -1.54. The summed E-state index contributed by atoms with van der Waals surface area (Å²) in [5.41, 5.74) is 1.10. The molecule has 1 saturated heterocycles. The molecule has 2 amide bonds. The first-order valence-electron chi connectivity index (χ1n) is 7.23. The van der Waals surface area contributed by atoms with Gasteiger partial charge in [-0.05, 0) is 0 Å². The molecule has 1 N–H and O–H groups in total. The van der Waals surface area contributed by atoms with Crippen molar-refractivity contribution >= 4 is 29.1 Å². The van der Waals surface area contributed by atoms with Crippen molar-refractivity contribution in [3.05, 3.63) is 34.5 Å². The summed E-state index contributed by atoms with van der Waals surface area (Å²) >= 11 is 3.50. The second-order valence-electron chi connectivity index (χ2n) is 5.14. The van der Waals surface area contributed by atoms with Crippen LogP contribution in [-0.2, 0) is 13.5 Å². The first kappa shape index (κ1) is 15.4. The zero-order chi connectivity index (χ0) is 15.4. The number of nitrogens with zero attached hydrogens (tertiary/aromatic N) is 4. The molecule has 0 saturated carbocycles. The molecule has 8 heteroatoms. The summed E-state index contributed by atoms with van der Waals surface area (Å²) in [6.45, 7) is 1.39. The van der Waals surface area contributed by atoms with Gasteiger partial charge in [0.2, 0.25) is 0 Å². The predicted molar refractivity (Wildman–Crippen MR) is 89.2 cm³/mol. The SMILES string of the molecule is Cn1cc([C@@H]2CSCCN2C(=O)NCCc2nccs2)cn1. The van der Waals surface area contributed by atoms with Crippen LogP contribution < -0.4 is 5.32 Å². The molecule has 3 heterocycles. The van der Waals surface area contributed by atoms with Gasteiger partial charge in [-0.15, -0.1) is 11.3 Å². The first-order chi connectivity index (χ1) is 10.7. The summed E-state index contributed by atoms with van der Waals surface area (Å²) in [6, 6.07) is 0.109. The van der Waals surface area contributed by atoms with E-state index in [1.165, 1.54) is 0 Å². The molecule has 1 aliphatic heterocycles. The van der Waals surface area contributed by atoms with E-state index in [1.807, 2.05) is 41.5 Å². The number of hydrogen-bond acceptors (Lipinski definition) is 5. The highest BCUT2D eigenvalue weighted by Crippen LogP contribution is 2.29. The van der Waals surface area contributed by atoms with Crippen LogP contribution in [0.25, 0.3) is 0 Å². The number of amides is 2. The van der Waals surface area contributed by atoms with Gasteiger partial charge in [0, 0.05) is 61.4 Å². The molecular weight excluding hydrogens is 318 g/mol. The number of nitrogens with one attached hydrogen (secondary N) is 1. The van der Waals surface area contributed by atoms with Gasteiger partial charge in [0.15, 0.2) is 0 Å². The van der Waals surface area contributed by atoms with Gasteiger partial charge in [-0.3, -0.25) is 4.68 Å². The minimum atomic E-state index is 0.00529. The summed E-state index contributed by atoms with van der Waals surface area (Å²) in [7, 11) is 1.90. The third kappa shape index (κ3) is 3.61. The van der Waals surface area contributed by atoms with Gasteiger partial charge in [-0.25, -0.2) is 9.78 Å². The van der Waals surface area contributed by atoms with Crippen molar-refractivity contribution in [3.8, 4) is 0 Å². The molecular formula is C14H19N5OS2. The third-order valence-corrected chi connectivity index (χ3v) is 5.46. The average Bonchev–Trinajstić information content (AvgIpc) is 3.19. The largest absolute Gasteiger partial charge is 0.338 e. The Bertz CT molecular complexity index is 613. The van der Waals surface area contributed by atoms with E-state index >= 15 is 0 Å². The Morgan fingerprint density at radius 1 is 1.55 bits per heavy atom. The lowest BCUT2D eigenvalue weighted by Crippen LogP contribution is -2.46. The fraction of sp³-hybridized carbons (Fsp3) is 0.500. The minimum Gasteiger partial charge on any atom is -0.338 e. The van der Waals surface area contributed by atoms with Crippen LogP contribution >= 0.6 is 23.1 Å². The lowest BCUT2D eigenvalue weighted by Gasteiger charge is -2.34. The predicted octanol–water partition coefficient (Wildman–Crippen LogP) is 1.92. The summed E-state index contributed by atoms with van der Waals surface area (Å²) in [4.78, 5) is 18.6. The number of carbonyl (C=O) groups is 1. The summed E-state index contributed by atoms with van der Waals surface area (Å²) < 4.78 is 1.78. The van der Waals surface area contributed by atoms with E-state index in [-0.39, 0.29) is 12.1 Å². The Labute approximate surface area is 137 Å². The van der Waals surface area contributed by atoms with E-state index in [2.05, 4.69) is 15.4 Å². The Balaban J connectivity index is 1.59. The third-order valence-electron chi connectivity index (χ3n) is 3.60. The van der Waals surface area contributed by atoms with Gasteiger partial charge in [0.1, 0.15) is 0 Å². The molecule has 3 rings (SSSR count). The number of carbonyl (C=O) groups excluding carboxylic acids is 1. The van der Waals surface area contributed by atoms with Crippen LogP contribution in [0.4, 0.5) is 4.79 Å². The molecule has 0 spiro atoms. The smallest absolute Gasteiger partial charge is 0.317 e. The quantitative estimate of drug-likeness (QED) is 0.926. The number of aromatic nitrogens is 3. The molecule has 0 aliphatic carbocycles. The zero-order valence-corrected chi connectivity index (χ0v) is 14.1.